The predicted molar refractivity (Wildman–Crippen MR) is 72.2 cm³/mol. The molecule has 0 spiro atoms. The van der Waals surface area contributed by atoms with Crippen LogP contribution in [0.3, 0.4) is 0 Å². The van der Waals surface area contributed by atoms with Crippen LogP contribution in [0.5, 0.6) is 0 Å². The summed E-state index contributed by atoms with van der Waals surface area (Å²) in [5.41, 5.74) is 2.79. The first-order valence-electron chi connectivity index (χ1n) is 6.08. The van der Waals surface area contributed by atoms with Crippen LogP contribution < -0.4 is 5.32 Å². The van der Waals surface area contributed by atoms with Crippen molar-refractivity contribution in [3.63, 3.8) is 0 Å². The highest BCUT2D eigenvalue weighted by Gasteiger charge is 2.29. The van der Waals surface area contributed by atoms with E-state index >= 15 is 0 Å². The van der Waals surface area contributed by atoms with Crippen LogP contribution >= 0.6 is 11.8 Å². The van der Waals surface area contributed by atoms with E-state index in [0.717, 1.165) is 5.92 Å². The molecule has 1 saturated carbocycles. The van der Waals surface area contributed by atoms with E-state index in [1.54, 1.807) is 0 Å². The Hall–Kier alpha value is -0.470. The van der Waals surface area contributed by atoms with Crippen LogP contribution in [0.25, 0.3) is 0 Å². The molecule has 2 rings (SSSR count). The van der Waals surface area contributed by atoms with Gasteiger partial charge in [-0.15, -0.1) is 11.8 Å². The number of thioether (sulfide) groups is 1. The molecule has 0 aromatic heterocycles. The van der Waals surface area contributed by atoms with Crippen molar-refractivity contribution >= 4 is 11.8 Å². The van der Waals surface area contributed by atoms with Crippen LogP contribution in [0.15, 0.2) is 23.1 Å². The fourth-order valence-corrected chi connectivity index (χ4v) is 3.18. The van der Waals surface area contributed by atoms with Crippen molar-refractivity contribution in [2.24, 2.45) is 5.92 Å². The van der Waals surface area contributed by atoms with Crippen molar-refractivity contribution in [2.45, 2.75) is 37.6 Å². The Morgan fingerprint density at radius 3 is 2.62 bits per heavy atom. The maximum atomic E-state index is 3.44. The average molecular weight is 235 g/mol. The van der Waals surface area contributed by atoms with Gasteiger partial charge in [-0.05, 0) is 62.9 Å². The number of nitrogens with one attached hydrogen (secondary N) is 1. The van der Waals surface area contributed by atoms with Crippen molar-refractivity contribution in [2.75, 3.05) is 12.8 Å². The van der Waals surface area contributed by atoms with Crippen LogP contribution in [-0.2, 0) is 0 Å². The second kappa shape index (κ2) is 5.24. The predicted octanol–water partition coefficient (Wildman–Crippen LogP) is 3.39. The third-order valence-electron chi connectivity index (χ3n) is 3.47. The lowest BCUT2D eigenvalue weighted by Crippen LogP contribution is -2.29. The summed E-state index contributed by atoms with van der Waals surface area (Å²) in [5.74, 6) is 2.13. The van der Waals surface area contributed by atoms with Gasteiger partial charge in [0.05, 0.1) is 0 Å². The molecule has 1 aromatic carbocycles. The maximum Gasteiger partial charge on any atom is 0.0186 e. The van der Waals surface area contributed by atoms with E-state index in [1.807, 2.05) is 11.8 Å². The molecular weight excluding hydrogens is 214 g/mol. The summed E-state index contributed by atoms with van der Waals surface area (Å²) < 4.78 is 0. The Balaban J connectivity index is 1.90. The van der Waals surface area contributed by atoms with Gasteiger partial charge in [-0.25, -0.2) is 0 Å². The standard InChI is InChI=1S/C14H21NS/c1-10-4-7-13(8-11(10)2)16-9-14(15-3)12-5-6-12/h4,7-8,12,14-15H,5-6,9H2,1-3H3. The van der Waals surface area contributed by atoms with Crippen LogP contribution in [-0.4, -0.2) is 18.8 Å². The van der Waals surface area contributed by atoms with Gasteiger partial charge in [-0.1, -0.05) is 6.07 Å². The number of aryl methyl sites for hydroxylation is 2. The second-order valence-corrected chi connectivity index (χ2v) is 5.88. The summed E-state index contributed by atoms with van der Waals surface area (Å²) in [7, 11) is 2.09. The normalized spacial score (nSPS) is 17.4. The summed E-state index contributed by atoms with van der Waals surface area (Å²) in [5, 5.41) is 3.44. The van der Waals surface area contributed by atoms with E-state index in [1.165, 1.54) is 34.6 Å². The quantitative estimate of drug-likeness (QED) is 0.785. The molecule has 0 aliphatic heterocycles. The molecule has 1 aromatic rings. The first-order valence-corrected chi connectivity index (χ1v) is 7.06. The summed E-state index contributed by atoms with van der Waals surface area (Å²) in [6.07, 6.45) is 2.83. The molecule has 16 heavy (non-hydrogen) atoms. The molecule has 0 radical (unpaired) electrons. The first-order chi connectivity index (χ1) is 7.70. The largest absolute Gasteiger partial charge is 0.316 e. The van der Waals surface area contributed by atoms with Gasteiger partial charge in [0.2, 0.25) is 0 Å². The summed E-state index contributed by atoms with van der Waals surface area (Å²) in [4.78, 5) is 1.41. The number of hydrogen-bond donors (Lipinski definition) is 1. The summed E-state index contributed by atoms with van der Waals surface area (Å²) in [6.45, 7) is 4.36. The van der Waals surface area contributed by atoms with Crippen LogP contribution in [0.2, 0.25) is 0 Å². The van der Waals surface area contributed by atoms with E-state index in [0.29, 0.717) is 6.04 Å². The highest BCUT2D eigenvalue weighted by atomic mass is 32.2. The lowest BCUT2D eigenvalue weighted by Gasteiger charge is -2.15. The summed E-state index contributed by atoms with van der Waals surface area (Å²) in [6, 6.07) is 7.47. The van der Waals surface area contributed by atoms with Gasteiger partial charge in [0.1, 0.15) is 0 Å². The molecule has 0 amide bonds. The lowest BCUT2D eigenvalue weighted by atomic mass is 10.1. The van der Waals surface area contributed by atoms with Gasteiger partial charge in [0.25, 0.3) is 0 Å². The first kappa shape index (κ1) is 12.0. The molecule has 1 fully saturated rings. The molecule has 1 unspecified atom stereocenters. The van der Waals surface area contributed by atoms with E-state index < -0.39 is 0 Å². The zero-order valence-electron chi connectivity index (χ0n) is 10.4. The molecule has 88 valence electrons. The van der Waals surface area contributed by atoms with Crippen LogP contribution in [0.1, 0.15) is 24.0 Å². The van der Waals surface area contributed by atoms with Crippen molar-refractivity contribution in [1.82, 2.24) is 5.32 Å². The minimum absolute atomic E-state index is 0.701. The lowest BCUT2D eigenvalue weighted by molar-refractivity contribution is 0.554. The van der Waals surface area contributed by atoms with Gasteiger partial charge in [-0.3, -0.25) is 0 Å². The molecule has 0 heterocycles. The number of hydrogen-bond acceptors (Lipinski definition) is 2. The van der Waals surface area contributed by atoms with Crippen LogP contribution in [0.4, 0.5) is 0 Å². The van der Waals surface area contributed by atoms with Crippen molar-refractivity contribution < 1.29 is 0 Å². The van der Waals surface area contributed by atoms with Crippen LogP contribution in [0, 0.1) is 19.8 Å². The zero-order chi connectivity index (χ0) is 11.5. The Bertz CT molecular complexity index is 358. The topological polar surface area (TPSA) is 12.0 Å². The maximum absolute atomic E-state index is 3.44. The molecular formula is C14H21NS. The monoisotopic (exact) mass is 235 g/mol. The van der Waals surface area contributed by atoms with Gasteiger partial charge in [0, 0.05) is 16.7 Å². The molecule has 0 saturated heterocycles. The van der Waals surface area contributed by atoms with Gasteiger partial charge in [-0.2, -0.15) is 0 Å². The van der Waals surface area contributed by atoms with Gasteiger partial charge < -0.3 is 5.32 Å². The average Bonchev–Trinajstić information content (AvgIpc) is 3.08. The minimum Gasteiger partial charge on any atom is -0.316 e. The molecule has 0 bridgehead atoms. The molecule has 1 atom stereocenters. The highest BCUT2D eigenvalue weighted by Crippen LogP contribution is 2.35. The Morgan fingerprint density at radius 2 is 2.06 bits per heavy atom. The second-order valence-electron chi connectivity index (χ2n) is 4.79. The third-order valence-corrected chi connectivity index (χ3v) is 4.58. The van der Waals surface area contributed by atoms with Gasteiger partial charge in [0.15, 0.2) is 0 Å². The van der Waals surface area contributed by atoms with E-state index in [2.05, 4.69) is 44.4 Å². The third kappa shape index (κ3) is 3.02. The fraction of sp³-hybridized carbons (Fsp3) is 0.571. The van der Waals surface area contributed by atoms with Crippen molar-refractivity contribution in [3.05, 3.63) is 29.3 Å². The van der Waals surface area contributed by atoms with E-state index in [-0.39, 0.29) is 0 Å². The number of benzene rings is 1. The molecule has 2 heteroatoms. The van der Waals surface area contributed by atoms with Crippen molar-refractivity contribution in [3.8, 4) is 0 Å². The molecule has 1 nitrogen and oxygen atoms in total. The minimum atomic E-state index is 0.701. The van der Waals surface area contributed by atoms with E-state index in [4.69, 9.17) is 0 Å². The van der Waals surface area contributed by atoms with Crippen molar-refractivity contribution in [1.29, 1.82) is 0 Å². The van der Waals surface area contributed by atoms with Gasteiger partial charge >= 0.3 is 0 Å². The van der Waals surface area contributed by atoms with E-state index in [9.17, 15) is 0 Å². The Labute approximate surface area is 103 Å². The SMILES string of the molecule is CNC(CSc1ccc(C)c(C)c1)C1CC1. The smallest absolute Gasteiger partial charge is 0.0186 e. The Morgan fingerprint density at radius 1 is 1.31 bits per heavy atom. The summed E-state index contributed by atoms with van der Waals surface area (Å²) >= 11 is 1.98. The zero-order valence-corrected chi connectivity index (χ0v) is 11.2. The fourth-order valence-electron chi connectivity index (χ4n) is 1.94. The highest BCUT2D eigenvalue weighted by molar-refractivity contribution is 7.99. The number of rotatable bonds is 5. The Kier molecular flexibility index (Phi) is 3.93. The molecule has 1 aliphatic rings. The molecule has 1 N–H and O–H groups in total. The molecule has 1 aliphatic carbocycles.